The maximum atomic E-state index is 7.37. The van der Waals surface area contributed by atoms with Gasteiger partial charge in [-0.1, -0.05) is 87.4 Å². The predicted molar refractivity (Wildman–Crippen MR) is 172 cm³/mol. The minimum absolute atomic E-state index is 0.0285. The van der Waals surface area contributed by atoms with Gasteiger partial charge in [0, 0.05) is 12.8 Å². The Bertz CT molecular complexity index is 1600. The second-order valence-corrected chi connectivity index (χ2v) is 18.1. The number of hydrogen-bond acceptors (Lipinski definition) is 7. The van der Waals surface area contributed by atoms with E-state index in [1.807, 2.05) is 38.7 Å². The number of aromatic nitrogens is 3. The molecule has 9 heteroatoms. The van der Waals surface area contributed by atoms with Crippen molar-refractivity contribution in [2.45, 2.75) is 75.2 Å². The van der Waals surface area contributed by atoms with Gasteiger partial charge >= 0.3 is 0 Å². The molecule has 0 radical (unpaired) electrons. The molecule has 2 saturated heterocycles. The molecule has 0 bridgehead atoms. The first-order valence-corrected chi connectivity index (χ1v) is 17.2. The minimum Gasteiger partial charge on any atom is -0.406 e. The maximum absolute atomic E-state index is 7.37. The molecule has 0 spiro atoms. The Kier molecular flexibility index (Phi) is 7.48. The number of rotatable bonds is 6. The summed E-state index contributed by atoms with van der Waals surface area (Å²) in [7, 11) is -2.73. The molecule has 218 valence electrons. The smallest absolute Gasteiger partial charge is 0.261 e. The molecule has 2 N–H and O–H groups in total. The van der Waals surface area contributed by atoms with E-state index in [1.54, 1.807) is 0 Å². The first-order valence-electron chi connectivity index (χ1n) is 14.4. The van der Waals surface area contributed by atoms with Gasteiger partial charge in [0.15, 0.2) is 5.79 Å². The Morgan fingerprint density at radius 2 is 1.62 bits per heavy atom. The Hall–Kier alpha value is -3.13. The van der Waals surface area contributed by atoms with E-state index in [1.165, 1.54) is 16.7 Å². The molecule has 2 aliphatic rings. The van der Waals surface area contributed by atoms with Crippen molar-refractivity contribution in [1.82, 2.24) is 14.5 Å². The van der Waals surface area contributed by atoms with Crippen molar-refractivity contribution in [2.75, 3.05) is 12.3 Å². The van der Waals surface area contributed by atoms with E-state index in [9.17, 15) is 0 Å². The molecule has 4 heterocycles. The lowest BCUT2D eigenvalue weighted by molar-refractivity contribution is -0.149. The summed E-state index contributed by atoms with van der Waals surface area (Å²) in [5.41, 5.74) is 7.87. The van der Waals surface area contributed by atoms with Gasteiger partial charge < -0.3 is 24.2 Å². The molecule has 4 aromatic rings. The standard InChI is InChI=1S/C33H38N4O3SSi/c1-7-14-22-19-37(30-26(22)29(34)35-21-36-30)31-28-27(39-33(5,6)40-28)25(41-31)20-38-42(32(2,3)4,23-15-10-8-11-16-23)24-17-12-9-13-18-24/h8-13,15-19,21,25,27-28,31H,20H2,1-6H3,(H2,34,35,36)/t25?,27-,28-,31-/m1/s1. The second-order valence-electron chi connectivity index (χ2n) is 12.4. The zero-order valence-electron chi connectivity index (χ0n) is 25.0. The van der Waals surface area contributed by atoms with Gasteiger partial charge in [0.05, 0.1) is 16.2 Å². The highest BCUT2D eigenvalue weighted by molar-refractivity contribution is 8.00. The SMILES string of the molecule is CC#Cc1cn([C@@H]2SC(CO[Si](c3ccccc3)(c3ccccc3)C(C)(C)C)[C@H]3OC(C)(C)O[C@H]32)c2ncnc(N)c12. The number of ether oxygens (including phenoxy) is 2. The number of nitrogens with zero attached hydrogens (tertiary/aromatic N) is 3. The Morgan fingerprint density at radius 1 is 1.00 bits per heavy atom. The molecule has 2 fully saturated rings. The van der Waals surface area contributed by atoms with Crippen LogP contribution in [0, 0.1) is 11.8 Å². The zero-order chi connectivity index (χ0) is 29.7. The first kappa shape index (κ1) is 29.0. The monoisotopic (exact) mass is 598 g/mol. The second kappa shape index (κ2) is 10.9. The van der Waals surface area contributed by atoms with Crippen LogP contribution in [-0.4, -0.2) is 52.7 Å². The van der Waals surface area contributed by atoms with Crippen LogP contribution < -0.4 is 16.1 Å². The number of benzene rings is 2. The van der Waals surface area contributed by atoms with Crippen LogP contribution in [0.15, 0.2) is 73.2 Å². The van der Waals surface area contributed by atoms with E-state index in [4.69, 9.17) is 19.6 Å². The number of anilines is 1. The van der Waals surface area contributed by atoms with Crippen molar-refractivity contribution in [2.24, 2.45) is 0 Å². The summed E-state index contributed by atoms with van der Waals surface area (Å²) in [5.74, 6) is 5.90. The fraction of sp³-hybridized carbons (Fsp3) is 0.394. The summed E-state index contributed by atoms with van der Waals surface area (Å²) in [6.45, 7) is 13.2. The highest BCUT2D eigenvalue weighted by Crippen LogP contribution is 2.52. The maximum Gasteiger partial charge on any atom is 0.261 e. The molecule has 42 heavy (non-hydrogen) atoms. The molecule has 0 amide bonds. The molecular formula is C33H38N4O3SSi. The molecule has 7 nitrogen and oxygen atoms in total. The Labute approximate surface area is 253 Å². The van der Waals surface area contributed by atoms with E-state index < -0.39 is 14.1 Å². The van der Waals surface area contributed by atoms with Crippen LogP contribution in [0.1, 0.15) is 52.5 Å². The van der Waals surface area contributed by atoms with E-state index in [-0.39, 0.29) is 27.9 Å². The average Bonchev–Trinajstić information content (AvgIpc) is 3.59. The Balaban J connectivity index is 1.40. The van der Waals surface area contributed by atoms with Crippen molar-refractivity contribution in [1.29, 1.82) is 0 Å². The fourth-order valence-electron chi connectivity index (χ4n) is 6.52. The molecule has 6 rings (SSSR count). The van der Waals surface area contributed by atoms with Crippen molar-refractivity contribution in [3.05, 3.63) is 78.8 Å². The van der Waals surface area contributed by atoms with Crippen LogP contribution in [0.2, 0.25) is 5.04 Å². The third-order valence-corrected chi connectivity index (χ3v) is 14.7. The van der Waals surface area contributed by atoms with Gasteiger partial charge in [-0.2, -0.15) is 0 Å². The quantitative estimate of drug-likeness (QED) is 0.244. The summed E-state index contributed by atoms with van der Waals surface area (Å²) >= 11 is 1.81. The topological polar surface area (TPSA) is 84.4 Å². The molecule has 2 aromatic carbocycles. The van der Waals surface area contributed by atoms with Crippen LogP contribution in [0.4, 0.5) is 5.82 Å². The van der Waals surface area contributed by atoms with Crippen molar-refractivity contribution in [3.63, 3.8) is 0 Å². The minimum atomic E-state index is -2.73. The number of nitrogens with two attached hydrogens (primary N) is 1. The van der Waals surface area contributed by atoms with Gasteiger partial charge in [-0.25, -0.2) is 9.97 Å². The molecule has 0 aliphatic carbocycles. The molecule has 2 aliphatic heterocycles. The lowest BCUT2D eigenvalue weighted by Crippen LogP contribution is -2.67. The fourth-order valence-corrected chi connectivity index (χ4v) is 12.8. The van der Waals surface area contributed by atoms with Gasteiger partial charge in [0.2, 0.25) is 0 Å². The molecule has 4 atom stereocenters. The number of thioether (sulfide) groups is 1. The highest BCUT2D eigenvalue weighted by atomic mass is 32.2. The van der Waals surface area contributed by atoms with Crippen LogP contribution in [-0.2, 0) is 13.9 Å². The molecule has 0 saturated carbocycles. The van der Waals surface area contributed by atoms with Crippen LogP contribution in [0.25, 0.3) is 11.0 Å². The first-order chi connectivity index (χ1) is 20.1. The van der Waals surface area contributed by atoms with E-state index in [0.717, 1.165) is 16.6 Å². The van der Waals surface area contributed by atoms with Crippen molar-refractivity contribution < 1.29 is 13.9 Å². The number of nitrogen functional groups attached to an aromatic ring is 1. The van der Waals surface area contributed by atoms with Crippen LogP contribution in [0.5, 0.6) is 0 Å². The third-order valence-electron chi connectivity index (χ3n) is 8.18. The Morgan fingerprint density at radius 3 is 2.21 bits per heavy atom. The van der Waals surface area contributed by atoms with Gasteiger partial charge in [0.1, 0.15) is 35.4 Å². The van der Waals surface area contributed by atoms with Gasteiger partial charge in [-0.3, -0.25) is 0 Å². The van der Waals surface area contributed by atoms with Crippen LogP contribution in [0.3, 0.4) is 0 Å². The molecule has 1 unspecified atom stereocenters. The van der Waals surface area contributed by atoms with Gasteiger partial charge in [-0.15, -0.1) is 17.7 Å². The van der Waals surface area contributed by atoms with Crippen LogP contribution >= 0.6 is 11.8 Å². The normalized spacial score (nSPS) is 23.5. The summed E-state index contributed by atoms with van der Waals surface area (Å²) < 4.78 is 22.7. The van der Waals surface area contributed by atoms with Gasteiger partial charge in [-0.05, 0) is 36.2 Å². The third kappa shape index (κ3) is 4.85. The summed E-state index contributed by atoms with van der Waals surface area (Å²) in [4.78, 5) is 8.87. The van der Waals surface area contributed by atoms with E-state index >= 15 is 0 Å². The lowest BCUT2D eigenvalue weighted by Gasteiger charge is -2.43. The summed E-state index contributed by atoms with van der Waals surface area (Å²) in [5, 5.41) is 3.09. The van der Waals surface area contributed by atoms with Crippen molar-refractivity contribution in [3.8, 4) is 11.8 Å². The molecule has 2 aromatic heterocycles. The van der Waals surface area contributed by atoms with E-state index in [2.05, 4.69) is 108 Å². The predicted octanol–water partition coefficient (Wildman–Crippen LogP) is 5.10. The zero-order valence-corrected chi connectivity index (χ0v) is 26.8. The number of fused-ring (bicyclic) bond motifs is 2. The van der Waals surface area contributed by atoms with Crippen molar-refractivity contribution >= 4 is 47.3 Å². The summed E-state index contributed by atoms with van der Waals surface area (Å²) in [6.07, 6.45) is 3.17. The largest absolute Gasteiger partial charge is 0.406 e. The molecular weight excluding hydrogens is 561 g/mol. The summed E-state index contributed by atoms with van der Waals surface area (Å²) in [6, 6.07) is 21.5. The highest BCUT2D eigenvalue weighted by Gasteiger charge is 2.57. The lowest BCUT2D eigenvalue weighted by atomic mass is 10.1. The number of hydrogen-bond donors (Lipinski definition) is 1. The average molecular weight is 599 g/mol. The van der Waals surface area contributed by atoms with E-state index in [0.29, 0.717) is 12.4 Å². The van der Waals surface area contributed by atoms with Gasteiger partial charge in [0.25, 0.3) is 8.32 Å².